The van der Waals surface area contributed by atoms with Crippen molar-refractivity contribution in [2.75, 3.05) is 25.1 Å². The Bertz CT molecular complexity index is 1620. The zero-order chi connectivity index (χ0) is 27.1. The summed E-state index contributed by atoms with van der Waals surface area (Å²) in [6.07, 6.45) is 8.30. The normalized spacial score (nSPS) is 16.0. The lowest BCUT2D eigenvalue weighted by molar-refractivity contribution is 0.345. The van der Waals surface area contributed by atoms with Gasteiger partial charge < -0.3 is 14.6 Å². The smallest absolute Gasteiger partial charge is 0.140 e. The van der Waals surface area contributed by atoms with Crippen LogP contribution in [0.15, 0.2) is 42.9 Å². The highest BCUT2D eigenvalue weighted by Gasteiger charge is 2.36. The van der Waals surface area contributed by atoms with Crippen molar-refractivity contribution in [3.05, 3.63) is 82.5 Å². The SMILES string of the molecule is COc1ccc(-c2nc(C3(C)CCN(c4ncnc5c4C=C(c4ccc(C#N)nc4)C5)CC3)[nH]c2C)cc1C. The van der Waals surface area contributed by atoms with E-state index in [1.807, 2.05) is 12.1 Å². The summed E-state index contributed by atoms with van der Waals surface area (Å²) in [5.41, 5.74) is 8.95. The summed E-state index contributed by atoms with van der Waals surface area (Å²) in [6.45, 7) is 8.25. The molecule has 1 aliphatic carbocycles. The molecule has 1 fully saturated rings. The fraction of sp³-hybridized carbons (Fsp3) is 0.323. The fourth-order valence-corrected chi connectivity index (χ4v) is 5.71. The molecule has 0 unspecified atom stereocenters. The number of aryl methyl sites for hydroxylation is 2. The monoisotopic (exact) mass is 517 g/mol. The number of methoxy groups -OCH3 is 1. The van der Waals surface area contributed by atoms with E-state index in [1.165, 1.54) is 0 Å². The molecule has 0 amide bonds. The van der Waals surface area contributed by atoms with E-state index in [0.29, 0.717) is 5.69 Å². The fourth-order valence-electron chi connectivity index (χ4n) is 5.71. The van der Waals surface area contributed by atoms with E-state index in [4.69, 9.17) is 20.0 Å². The van der Waals surface area contributed by atoms with Crippen LogP contribution in [0.5, 0.6) is 5.75 Å². The average molecular weight is 518 g/mol. The lowest BCUT2D eigenvalue weighted by Gasteiger charge is -2.39. The molecule has 2 aliphatic rings. The van der Waals surface area contributed by atoms with Crippen LogP contribution in [0, 0.1) is 25.2 Å². The van der Waals surface area contributed by atoms with Gasteiger partial charge in [-0.25, -0.2) is 19.9 Å². The number of aromatic amines is 1. The summed E-state index contributed by atoms with van der Waals surface area (Å²) in [5.74, 6) is 2.92. The molecule has 1 N–H and O–H groups in total. The van der Waals surface area contributed by atoms with Gasteiger partial charge in [-0.05, 0) is 73.7 Å². The first-order valence-electron chi connectivity index (χ1n) is 13.3. The number of hydrogen-bond acceptors (Lipinski definition) is 7. The van der Waals surface area contributed by atoms with E-state index in [9.17, 15) is 0 Å². The molecule has 0 radical (unpaired) electrons. The summed E-state index contributed by atoms with van der Waals surface area (Å²) in [4.78, 5) is 24.6. The maximum atomic E-state index is 9.06. The number of rotatable bonds is 5. The van der Waals surface area contributed by atoms with E-state index < -0.39 is 0 Å². The third kappa shape index (κ3) is 4.44. The van der Waals surface area contributed by atoms with Gasteiger partial charge in [-0.15, -0.1) is 0 Å². The summed E-state index contributed by atoms with van der Waals surface area (Å²) in [6, 6.07) is 12.0. The molecule has 1 aliphatic heterocycles. The first-order valence-corrected chi connectivity index (χ1v) is 13.3. The van der Waals surface area contributed by atoms with Gasteiger partial charge in [-0.3, -0.25) is 0 Å². The third-order valence-corrected chi connectivity index (χ3v) is 8.16. The Morgan fingerprint density at radius 2 is 1.85 bits per heavy atom. The maximum Gasteiger partial charge on any atom is 0.140 e. The van der Waals surface area contributed by atoms with Crippen molar-refractivity contribution in [2.45, 2.75) is 45.4 Å². The molecular formula is C31H31N7O. The first kappa shape index (κ1) is 24.8. The Morgan fingerprint density at radius 1 is 1.05 bits per heavy atom. The van der Waals surface area contributed by atoms with Crippen molar-refractivity contribution >= 4 is 17.5 Å². The van der Waals surface area contributed by atoms with Crippen LogP contribution in [0.4, 0.5) is 5.82 Å². The number of nitrogens with one attached hydrogen (secondary N) is 1. The number of fused-ring (bicyclic) bond motifs is 1. The number of nitriles is 1. The van der Waals surface area contributed by atoms with Crippen molar-refractivity contribution in [1.82, 2.24) is 24.9 Å². The molecule has 0 spiro atoms. The van der Waals surface area contributed by atoms with Crippen LogP contribution < -0.4 is 9.64 Å². The molecule has 0 saturated carbocycles. The van der Waals surface area contributed by atoms with Crippen LogP contribution in [-0.2, 0) is 11.8 Å². The molecule has 1 aromatic carbocycles. The van der Waals surface area contributed by atoms with Gasteiger partial charge in [0.1, 0.15) is 35.5 Å². The quantitative estimate of drug-likeness (QED) is 0.377. The van der Waals surface area contributed by atoms with Crippen molar-refractivity contribution in [3.8, 4) is 23.1 Å². The topological polar surface area (TPSA) is 104 Å². The Kier molecular flexibility index (Phi) is 6.15. The van der Waals surface area contributed by atoms with Gasteiger partial charge in [0.25, 0.3) is 0 Å². The van der Waals surface area contributed by atoms with Crippen LogP contribution in [-0.4, -0.2) is 45.1 Å². The highest BCUT2D eigenvalue weighted by atomic mass is 16.5. The summed E-state index contributed by atoms with van der Waals surface area (Å²) in [7, 11) is 1.70. The highest BCUT2D eigenvalue weighted by Crippen LogP contribution is 2.40. The molecule has 4 heterocycles. The van der Waals surface area contributed by atoms with Gasteiger partial charge in [-0.1, -0.05) is 13.0 Å². The average Bonchev–Trinajstić information content (AvgIpc) is 3.58. The third-order valence-electron chi connectivity index (χ3n) is 8.16. The van der Waals surface area contributed by atoms with Crippen molar-refractivity contribution in [1.29, 1.82) is 5.26 Å². The van der Waals surface area contributed by atoms with Crippen LogP contribution in [0.1, 0.15) is 59.4 Å². The zero-order valence-electron chi connectivity index (χ0n) is 22.7. The predicted molar refractivity (Wildman–Crippen MR) is 151 cm³/mol. The van der Waals surface area contributed by atoms with E-state index in [2.05, 4.69) is 64.9 Å². The van der Waals surface area contributed by atoms with Crippen molar-refractivity contribution < 1.29 is 4.74 Å². The Labute approximate surface area is 228 Å². The van der Waals surface area contributed by atoms with Gasteiger partial charge in [-0.2, -0.15) is 5.26 Å². The van der Waals surface area contributed by atoms with Gasteiger partial charge in [0.05, 0.1) is 18.5 Å². The Balaban J connectivity index is 1.21. The molecule has 4 aromatic rings. The first-order chi connectivity index (χ1) is 18.9. The van der Waals surface area contributed by atoms with Crippen LogP contribution in [0.3, 0.4) is 0 Å². The standard InChI is InChI=1S/C31H31N7O/c1-19-13-21(6-8-27(19)39-4)28-20(2)36-30(37-28)31(3)9-11-38(12-10-31)29-25-14-23(15-26(25)34-18-35-29)22-5-7-24(16-32)33-17-22/h5-8,13-14,17-18H,9-12,15H2,1-4H3,(H,36,37). The number of pyridine rings is 1. The molecular weight excluding hydrogens is 486 g/mol. The molecule has 8 heteroatoms. The number of aromatic nitrogens is 5. The Morgan fingerprint density at radius 3 is 2.54 bits per heavy atom. The molecule has 0 atom stereocenters. The molecule has 3 aromatic heterocycles. The van der Waals surface area contributed by atoms with Crippen LogP contribution in [0.2, 0.25) is 0 Å². The van der Waals surface area contributed by atoms with Gasteiger partial charge in [0.15, 0.2) is 0 Å². The minimum absolute atomic E-state index is 0.0492. The minimum atomic E-state index is -0.0492. The zero-order valence-corrected chi connectivity index (χ0v) is 22.7. The number of hydrogen-bond donors (Lipinski definition) is 1. The number of allylic oxidation sites excluding steroid dienone is 1. The van der Waals surface area contributed by atoms with E-state index >= 15 is 0 Å². The molecule has 8 nitrogen and oxygen atoms in total. The number of imidazole rings is 1. The van der Waals surface area contributed by atoms with E-state index in [1.54, 1.807) is 25.7 Å². The lowest BCUT2D eigenvalue weighted by atomic mass is 9.79. The highest BCUT2D eigenvalue weighted by molar-refractivity contribution is 5.91. The van der Waals surface area contributed by atoms with Crippen LogP contribution in [0.25, 0.3) is 22.9 Å². The number of anilines is 1. The molecule has 0 bridgehead atoms. The van der Waals surface area contributed by atoms with Gasteiger partial charge in [0, 0.05) is 47.9 Å². The number of ether oxygens (including phenoxy) is 1. The number of piperidine rings is 1. The second-order valence-electron chi connectivity index (χ2n) is 10.7. The number of nitrogens with zero attached hydrogens (tertiary/aromatic N) is 6. The van der Waals surface area contributed by atoms with Gasteiger partial charge in [0.2, 0.25) is 0 Å². The van der Waals surface area contributed by atoms with E-state index in [0.717, 1.165) is 94.7 Å². The molecule has 39 heavy (non-hydrogen) atoms. The van der Waals surface area contributed by atoms with E-state index in [-0.39, 0.29) is 5.41 Å². The number of H-pyrrole nitrogens is 1. The Hall–Kier alpha value is -4.51. The second-order valence-corrected chi connectivity index (χ2v) is 10.7. The van der Waals surface area contributed by atoms with Crippen LogP contribution >= 0.6 is 0 Å². The molecule has 196 valence electrons. The summed E-state index contributed by atoms with van der Waals surface area (Å²) < 4.78 is 5.43. The second kappa shape index (κ2) is 9.66. The lowest BCUT2D eigenvalue weighted by Crippen LogP contribution is -2.42. The molecule has 6 rings (SSSR count). The largest absolute Gasteiger partial charge is 0.496 e. The maximum absolute atomic E-state index is 9.06. The summed E-state index contributed by atoms with van der Waals surface area (Å²) in [5, 5.41) is 9.06. The predicted octanol–water partition coefficient (Wildman–Crippen LogP) is 5.41. The number of benzene rings is 1. The summed E-state index contributed by atoms with van der Waals surface area (Å²) >= 11 is 0. The van der Waals surface area contributed by atoms with Crippen molar-refractivity contribution in [2.24, 2.45) is 0 Å². The van der Waals surface area contributed by atoms with Gasteiger partial charge >= 0.3 is 0 Å². The molecule has 1 saturated heterocycles. The van der Waals surface area contributed by atoms with Crippen molar-refractivity contribution in [3.63, 3.8) is 0 Å². The minimum Gasteiger partial charge on any atom is -0.496 e.